The molecule has 2 atom stereocenters. The Morgan fingerprint density at radius 3 is 2.44 bits per heavy atom. The van der Waals surface area contributed by atoms with Crippen LogP contribution in [0.3, 0.4) is 0 Å². The Balaban J connectivity index is 1.62. The molecule has 0 aliphatic carbocycles. The van der Waals surface area contributed by atoms with Crippen molar-refractivity contribution in [3.63, 3.8) is 0 Å². The van der Waals surface area contributed by atoms with Gasteiger partial charge in [-0.2, -0.15) is 0 Å². The van der Waals surface area contributed by atoms with Gasteiger partial charge in [0.25, 0.3) is 0 Å². The number of ether oxygens (including phenoxy) is 2. The zero-order valence-electron chi connectivity index (χ0n) is 17.8. The minimum Gasteiger partial charge on any atom is -0.492 e. The second-order valence-corrected chi connectivity index (χ2v) is 7.44. The highest BCUT2D eigenvalue weighted by molar-refractivity contribution is 5.91. The number of nitrogens with zero attached hydrogens (tertiary/aromatic N) is 1. The van der Waals surface area contributed by atoms with Gasteiger partial charge in [-0.25, -0.2) is 14.6 Å². The maximum absolute atomic E-state index is 12.4. The van der Waals surface area contributed by atoms with Crippen molar-refractivity contribution in [1.82, 2.24) is 5.32 Å². The van der Waals surface area contributed by atoms with Crippen LogP contribution < -0.4 is 26.3 Å². The van der Waals surface area contributed by atoms with Crippen LogP contribution in [0, 0.1) is 0 Å². The molecular formula is C22H22N4O8. The molecule has 178 valence electrons. The summed E-state index contributed by atoms with van der Waals surface area (Å²) in [4.78, 5) is 50.4. The number of carbonyl (C=O) groups is 4. The van der Waals surface area contributed by atoms with E-state index in [1.165, 1.54) is 18.2 Å². The van der Waals surface area contributed by atoms with Crippen molar-refractivity contribution in [2.75, 3.05) is 6.61 Å². The van der Waals surface area contributed by atoms with Crippen LogP contribution in [0.15, 0.2) is 47.5 Å². The van der Waals surface area contributed by atoms with Crippen molar-refractivity contribution in [3.8, 4) is 11.5 Å². The second-order valence-electron chi connectivity index (χ2n) is 7.44. The molecule has 1 amide bonds. The number of amides is 1. The Hall–Kier alpha value is -4.61. The number of nitrogens with two attached hydrogens (primary N) is 2. The van der Waals surface area contributed by atoms with Crippen LogP contribution >= 0.6 is 0 Å². The molecule has 2 unspecified atom stereocenters. The summed E-state index contributed by atoms with van der Waals surface area (Å²) >= 11 is 0. The standard InChI is InChI=1S/C22H22N4O8/c23-22(24)25-13-3-1-11(2-4-13)21(32)34-14-5-6-15-12(10-33-17(15)8-14)7-18(27)26-16(20(30)31)9-19(28)29/h1-6,8,12,16H,7,9-10H2,(H,26,27)(H,28,29)(H,30,31)(H4,23,24,25). The van der Waals surface area contributed by atoms with Crippen LogP contribution in [0.5, 0.6) is 11.5 Å². The maximum Gasteiger partial charge on any atom is 0.343 e. The van der Waals surface area contributed by atoms with E-state index in [1.54, 1.807) is 24.3 Å². The molecule has 0 bridgehead atoms. The number of nitrogens with one attached hydrogen (secondary N) is 1. The maximum atomic E-state index is 12.4. The first-order valence-corrected chi connectivity index (χ1v) is 10.0. The van der Waals surface area contributed by atoms with Gasteiger partial charge in [0.05, 0.1) is 24.3 Å². The number of guanidine groups is 1. The zero-order chi connectivity index (χ0) is 24.8. The number of esters is 1. The van der Waals surface area contributed by atoms with Crippen molar-refractivity contribution in [1.29, 1.82) is 0 Å². The molecule has 3 rings (SSSR count). The monoisotopic (exact) mass is 470 g/mol. The van der Waals surface area contributed by atoms with E-state index in [4.69, 9.17) is 31.2 Å². The summed E-state index contributed by atoms with van der Waals surface area (Å²) in [7, 11) is 0. The van der Waals surface area contributed by atoms with Gasteiger partial charge in [0.2, 0.25) is 5.91 Å². The number of benzene rings is 2. The van der Waals surface area contributed by atoms with E-state index in [0.717, 1.165) is 0 Å². The first kappa shape index (κ1) is 24.0. The van der Waals surface area contributed by atoms with Gasteiger partial charge < -0.3 is 36.5 Å². The SMILES string of the molecule is NC(N)=Nc1ccc(C(=O)Oc2ccc3c(c2)OCC3CC(=O)NC(CC(=O)O)C(=O)O)cc1. The third-order valence-corrected chi connectivity index (χ3v) is 4.88. The van der Waals surface area contributed by atoms with Crippen molar-refractivity contribution in [2.24, 2.45) is 16.5 Å². The Bertz CT molecular complexity index is 1140. The van der Waals surface area contributed by atoms with E-state index < -0.39 is 36.3 Å². The molecule has 2 aromatic rings. The fourth-order valence-electron chi connectivity index (χ4n) is 3.33. The van der Waals surface area contributed by atoms with Gasteiger partial charge in [-0.1, -0.05) is 6.07 Å². The number of rotatable bonds is 9. The summed E-state index contributed by atoms with van der Waals surface area (Å²) in [6, 6.07) is 9.33. The summed E-state index contributed by atoms with van der Waals surface area (Å²) in [5.74, 6) is -3.82. The fourth-order valence-corrected chi connectivity index (χ4v) is 3.33. The van der Waals surface area contributed by atoms with Gasteiger partial charge in [-0.3, -0.25) is 9.59 Å². The summed E-state index contributed by atoms with van der Waals surface area (Å²) in [6.45, 7) is 0.156. The van der Waals surface area contributed by atoms with E-state index in [9.17, 15) is 19.2 Å². The van der Waals surface area contributed by atoms with Crippen molar-refractivity contribution in [2.45, 2.75) is 24.8 Å². The molecule has 1 heterocycles. The summed E-state index contributed by atoms with van der Waals surface area (Å²) in [6.07, 6.45) is -0.831. The zero-order valence-corrected chi connectivity index (χ0v) is 17.8. The normalized spacial score (nSPS) is 14.8. The van der Waals surface area contributed by atoms with E-state index >= 15 is 0 Å². The number of hydrogen-bond acceptors (Lipinski definition) is 7. The third-order valence-electron chi connectivity index (χ3n) is 4.88. The highest BCUT2D eigenvalue weighted by atomic mass is 16.5. The number of carbonyl (C=O) groups excluding carboxylic acids is 2. The van der Waals surface area contributed by atoms with Crippen molar-refractivity contribution in [3.05, 3.63) is 53.6 Å². The van der Waals surface area contributed by atoms with E-state index in [0.29, 0.717) is 17.0 Å². The highest BCUT2D eigenvalue weighted by Gasteiger charge is 2.29. The molecule has 34 heavy (non-hydrogen) atoms. The topological polar surface area (TPSA) is 204 Å². The molecule has 1 aliphatic heterocycles. The minimum absolute atomic E-state index is 0.0995. The second kappa shape index (κ2) is 10.3. The predicted octanol–water partition coefficient (Wildman–Crippen LogP) is 0.721. The average Bonchev–Trinajstić information content (AvgIpc) is 3.14. The molecule has 7 N–H and O–H groups in total. The lowest BCUT2D eigenvalue weighted by Crippen LogP contribution is -2.42. The molecular weight excluding hydrogens is 448 g/mol. The van der Waals surface area contributed by atoms with E-state index in [-0.39, 0.29) is 36.2 Å². The Morgan fingerprint density at radius 2 is 1.82 bits per heavy atom. The van der Waals surface area contributed by atoms with Gasteiger partial charge in [-0.05, 0) is 30.3 Å². The van der Waals surface area contributed by atoms with Gasteiger partial charge in [-0.15, -0.1) is 0 Å². The van der Waals surface area contributed by atoms with Crippen LogP contribution in [0.4, 0.5) is 5.69 Å². The number of aliphatic carboxylic acids is 2. The van der Waals surface area contributed by atoms with Crippen LogP contribution in [0.1, 0.15) is 34.7 Å². The van der Waals surface area contributed by atoms with Crippen LogP contribution in [0.2, 0.25) is 0 Å². The number of hydrogen-bond donors (Lipinski definition) is 5. The van der Waals surface area contributed by atoms with Crippen LogP contribution in [-0.2, 0) is 14.4 Å². The minimum atomic E-state index is -1.53. The molecule has 12 nitrogen and oxygen atoms in total. The first-order chi connectivity index (χ1) is 16.1. The number of carboxylic acid groups (broad SMARTS) is 2. The molecule has 0 saturated heterocycles. The quantitative estimate of drug-likeness (QED) is 0.150. The largest absolute Gasteiger partial charge is 0.492 e. The predicted molar refractivity (Wildman–Crippen MR) is 118 cm³/mol. The van der Waals surface area contributed by atoms with E-state index in [1.807, 2.05) is 0 Å². The van der Waals surface area contributed by atoms with Crippen molar-refractivity contribution >= 4 is 35.5 Å². The summed E-state index contributed by atoms with van der Waals surface area (Å²) in [5.41, 5.74) is 12.1. The number of fused-ring (bicyclic) bond motifs is 1. The Morgan fingerprint density at radius 1 is 1.12 bits per heavy atom. The van der Waals surface area contributed by atoms with Gasteiger partial charge in [0, 0.05) is 24.0 Å². The molecule has 0 fully saturated rings. The molecule has 0 saturated carbocycles. The summed E-state index contributed by atoms with van der Waals surface area (Å²) < 4.78 is 11.0. The number of aliphatic imine (C=N–C) groups is 1. The molecule has 2 aromatic carbocycles. The number of carboxylic acids is 2. The average molecular weight is 470 g/mol. The molecule has 0 radical (unpaired) electrons. The van der Waals surface area contributed by atoms with Crippen LogP contribution in [0.25, 0.3) is 0 Å². The van der Waals surface area contributed by atoms with Crippen LogP contribution in [-0.4, -0.2) is 52.6 Å². The molecule has 0 spiro atoms. The molecule has 12 heteroatoms. The third kappa shape index (κ3) is 6.22. The van der Waals surface area contributed by atoms with Gasteiger partial charge >= 0.3 is 17.9 Å². The Kier molecular flexibility index (Phi) is 7.31. The Labute approximate surface area is 193 Å². The van der Waals surface area contributed by atoms with Gasteiger partial charge in [0.1, 0.15) is 17.5 Å². The smallest absolute Gasteiger partial charge is 0.343 e. The lowest BCUT2D eigenvalue weighted by Gasteiger charge is -2.14. The lowest BCUT2D eigenvalue weighted by atomic mass is 9.97. The van der Waals surface area contributed by atoms with Gasteiger partial charge in [0.15, 0.2) is 5.96 Å². The molecule has 1 aliphatic rings. The highest BCUT2D eigenvalue weighted by Crippen LogP contribution is 2.38. The van der Waals surface area contributed by atoms with Crippen molar-refractivity contribution < 1.29 is 38.9 Å². The fraction of sp³-hybridized carbons (Fsp3) is 0.227. The lowest BCUT2D eigenvalue weighted by molar-refractivity contribution is -0.147. The first-order valence-electron chi connectivity index (χ1n) is 10.0. The summed E-state index contributed by atoms with van der Waals surface area (Å²) in [5, 5.41) is 20.1. The molecule has 0 aromatic heterocycles. The van der Waals surface area contributed by atoms with E-state index in [2.05, 4.69) is 10.3 Å².